The average Bonchev–Trinajstić information content (AvgIpc) is 3.08. The Morgan fingerprint density at radius 1 is 1.20 bits per heavy atom. The maximum Gasteiger partial charge on any atom is 0.235 e. The van der Waals surface area contributed by atoms with E-state index in [0.29, 0.717) is 0 Å². The summed E-state index contributed by atoms with van der Waals surface area (Å²) in [7, 11) is 0. The van der Waals surface area contributed by atoms with Gasteiger partial charge >= 0.3 is 0 Å². The fraction of sp³-hybridized carbons (Fsp3) is 0.316. The molecule has 6 heteroatoms. The Bertz CT molecular complexity index is 859. The number of benzene rings is 1. The molecule has 0 fully saturated rings. The Kier molecular flexibility index (Phi) is 5.71. The van der Waals surface area contributed by atoms with E-state index >= 15 is 0 Å². The summed E-state index contributed by atoms with van der Waals surface area (Å²) in [6.07, 6.45) is 1.59. The predicted molar refractivity (Wildman–Crippen MR) is 106 cm³/mol. The molecule has 0 bridgehead atoms. The monoisotopic (exact) mass is 371 g/mol. The number of carbonyl (C=O) groups excluding carboxylic acids is 1. The first-order valence-corrected chi connectivity index (χ1v) is 10.1. The fourth-order valence-corrected chi connectivity index (χ4v) is 4.73. The lowest BCUT2D eigenvalue weighted by molar-refractivity contribution is -0.129. The van der Waals surface area contributed by atoms with Crippen molar-refractivity contribution in [2.45, 2.75) is 31.0 Å². The normalized spacial score (nSPS) is 12.3. The van der Waals surface area contributed by atoms with Crippen molar-refractivity contribution >= 4 is 39.2 Å². The van der Waals surface area contributed by atoms with Crippen molar-refractivity contribution in [1.29, 1.82) is 0 Å². The zero-order chi connectivity index (χ0) is 17.8. The maximum absolute atomic E-state index is 12.5. The van der Waals surface area contributed by atoms with Gasteiger partial charge in [0.25, 0.3) is 0 Å². The minimum absolute atomic E-state index is 0.153. The summed E-state index contributed by atoms with van der Waals surface area (Å²) in [6, 6.07) is 12.4. The molecule has 1 aromatic carbocycles. The number of amides is 1. The summed E-state index contributed by atoms with van der Waals surface area (Å²) in [6.45, 7) is 7.43. The SMILES string of the molecule is CCN(CC)C(=O)C(C)Sc1ncnc2sc(-c3ccccc3)cc12. The van der Waals surface area contributed by atoms with E-state index in [4.69, 9.17) is 0 Å². The largest absolute Gasteiger partial charge is 0.342 e. The van der Waals surface area contributed by atoms with Gasteiger partial charge in [0.2, 0.25) is 5.91 Å². The third-order valence-electron chi connectivity index (χ3n) is 4.06. The Balaban J connectivity index is 1.89. The van der Waals surface area contributed by atoms with Crippen molar-refractivity contribution in [3.8, 4) is 10.4 Å². The quantitative estimate of drug-likeness (QED) is 0.465. The van der Waals surface area contributed by atoms with Gasteiger partial charge in [0.15, 0.2) is 0 Å². The van der Waals surface area contributed by atoms with E-state index < -0.39 is 0 Å². The van der Waals surface area contributed by atoms with Crippen LogP contribution in [0.5, 0.6) is 0 Å². The number of hydrogen-bond acceptors (Lipinski definition) is 5. The van der Waals surface area contributed by atoms with Gasteiger partial charge in [-0.05, 0) is 32.4 Å². The van der Waals surface area contributed by atoms with Crippen LogP contribution in [0.3, 0.4) is 0 Å². The van der Waals surface area contributed by atoms with Crippen LogP contribution in [-0.2, 0) is 4.79 Å². The zero-order valence-corrected chi connectivity index (χ0v) is 16.2. The summed E-state index contributed by atoms with van der Waals surface area (Å²) < 4.78 is 0. The lowest BCUT2D eigenvalue weighted by Gasteiger charge is -2.22. The molecule has 0 N–H and O–H groups in total. The molecule has 0 saturated heterocycles. The number of thiophene rings is 1. The molecule has 0 aliphatic rings. The number of hydrogen-bond donors (Lipinski definition) is 0. The maximum atomic E-state index is 12.5. The molecule has 0 spiro atoms. The van der Waals surface area contributed by atoms with Gasteiger partial charge in [0, 0.05) is 23.4 Å². The first-order valence-electron chi connectivity index (χ1n) is 8.39. The van der Waals surface area contributed by atoms with E-state index in [0.717, 1.165) is 28.3 Å². The van der Waals surface area contributed by atoms with Crippen molar-refractivity contribution < 1.29 is 4.79 Å². The van der Waals surface area contributed by atoms with Gasteiger partial charge in [-0.1, -0.05) is 42.1 Å². The third-order valence-corrected chi connectivity index (χ3v) is 6.26. The molecule has 1 atom stereocenters. The van der Waals surface area contributed by atoms with Crippen molar-refractivity contribution in [3.05, 3.63) is 42.7 Å². The highest BCUT2D eigenvalue weighted by Gasteiger charge is 2.21. The fourth-order valence-electron chi connectivity index (χ4n) is 2.68. The number of nitrogens with zero attached hydrogens (tertiary/aromatic N) is 3. The Labute approximate surface area is 156 Å². The Hall–Kier alpha value is -1.92. The van der Waals surface area contributed by atoms with Gasteiger partial charge in [-0.15, -0.1) is 11.3 Å². The van der Waals surface area contributed by atoms with Crippen LogP contribution in [0.2, 0.25) is 0 Å². The number of carbonyl (C=O) groups is 1. The molecule has 25 heavy (non-hydrogen) atoms. The molecular formula is C19H21N3OS2. The molecule has 2 aromatic heterocycles. The first kappa shape index (κ1) is 17.9. The van der Waals surface area contributed by atoms with E-state index in [1.807, 2.05) is 43.9 Å². The molecule has 2 heterocycles. The van der Waals surface area contributed by atoms with Crippen molar-refractivity contribution in [2.75, 3.05) is 13.1 Å². The first-order chi connectivity index (χ1) is 12.1. The Morgan fingerprint density at radius 3 is 2.60 bits per heavy atom. The second kappa shape index (κ2) is 7.97. The van der Waals surface area contributed by atoms with Gasteiger partial charge in [-0.3, -0.25) is 4.79 Å². The highest BCUT2D eigenvalue weighted by Crippen LogP contribution is 2.37. The molecular weight excluding hydrogens is 350 g/mol. The van der Waals surface area contributed by atoms with Gasteiger partial charge in [0.05, 0.1) is 5.25 Å². The smallest absolute Gasteiger partial charge is 0.235 e. The second-order valence-electron chi connectivity index (χ2n) is 5.64. The molecule has 1 amide bonds. The molecule has 0 radical (unpaired) electrons. The van der Waals surface area contributed by atoms with Gasteiger partial charge in [0.1, 0.15) is 16.2 Å². The highest BCUT2D eigenvalue weighted by atomic mass is 32.2. The van der Waals surface area contributed by atoms with Gasteiger partial charge in [-0.2, -0.15) is 0 Å². The molecule has 3 aromatic rings. The molecule has 130 valence electrons. The molecule has 0 aliphatic carbocycles. The summed E-state index contributed by atoms with van der Waals surface area (Å²) in [5, 5.41) is 1.73. The van der Waals surface area contributed by atoms with Crippen LogP contribution in [0.15, 0.2) is 47.8 Å². The number of aromatic nitrogens is 2. The lowest BCUT2D eigenvalue weighted by atomic mass is 10.2. The van der Waals surface area contributed by atoms with Crippen molar-refractivity contribution in [2.24, 2.45) is 0 Å². The van der Waals surface area contributed by atoms with Gasteiger partial charge < -0.3 is 4.90 Å². The highest BCUT2D eigenvalue weighted by molar-refractivity contribution is 8.00. The van der Waals surface area contributed by atoms with Crippen LogP contribution in [-0.4, -0.2) is 39.1 Å². The van der Waals surface area contributed by atoms with Crippen molar-refractivity contribution in [1.82, 2.24) is 14.9 Å². The second-order valence-corrected chi connectivity index (χ2v) is 8.01. The molecule has 4 nitrogen and oxygen atoms in total. The van der Waals surface area contributed by atoms with Crippen LogP contribution < -0.4 is 0 Å². The van der Waals surface area contributed by atoms with Crippen LogP contribution in [0.1, 0.15) is 20.8 Å². The standard InChI is InChI=1S/C19H21N3OS2/c1-4-22(5-2)19(23)13(3)24-17-15-11-16(14-9-7-6-8-10-14)25-18(15)21-12-20-17/h6-13H,4-5H2,1-3H3. The van der Waals surface area contributed by atoms with Crippen LogP contribution in [0.4, 0.5) is 0 Å². The molecule has 1 unspecified atom stereocenters. The van der Waals surface area contributed by atoms with E-state index in [9.17, 15) is 4.79 Å². The minimum Gasteiger partial charge on any atom is -0.342 e. The van der Waals surface area contributed by atoms with E-state index in [-0.39, 0.29) is 11.2 Å². The van der Waals surface area contributed by atoms with Gasteiger partial charge in [-0.25, -0.2) is 9.97 Å². The molecule has 0 saturated carbocycles. The average molecular weight is 372 g/mol. The number of fused-ring (bicyclic) bond motifs is 1. The number of thioether (sulfide) groups is 1. The summed E-state index contributed by atoms with van der Waals surface area (Å²) in [5.41, 5.74) is 1.17. The van der Waals surface area contributed by atoms with Crippen LogP contribution >= 0.6 is 23.1 Å². The predicted octanol–water partition coefficient (Wildman–Crippen LogP) is 4.71. The zero-order valence-electron chi connectivity index (χ0n) is 14.6. The Morgan fingerprint density at radius 2 is 1.92 bits per heavy atom. The van der Waals surface area contributed by atoms with E-state index in [1.54, 1.807) is 17.7 Å². The summed E-state index contributed by atoms with van der Waals surface area (Å²) in [5.74, 6) is 0.153. The number of rotatable bonds is 6. The van der Waals surface area contributed by atoms with E-state index in [1.165, 1.54) is 22.2 Å². The topological polar surface area (TPSA) is 46.1 Å². The minimum atomic E-state index is -0.168. The van der Waals surface area contributed by atoms with E-state index in [2.05, 4.69) is 28.2 Å². The summed E-state index contributed by atoms with van der Waals surface area (Å²) >= 11 is 3.17. The third kappa shape index (κ3) is 3.85. The lowest BCUT2D eigenvalue weighted by Crippen LogP contribution is -2.36. The van der Waals surface area contributed by atoms with Crippen LogP contribution in [0, 0.1) is 0 Å². The van der Waals surface area contributed by atoms with Crippen LogP contribution in [0.25, 0.3) is 20.7 Å². The summed E-state index contributed by atoms with van der Waals surface area (Å²) in [4.78, 5) is 25.4. The molecule has 3 rings (SSSR count). The molecule has 0 aliphatic heterocycles. The van der Waals surface area contributed by atoms with Crippen molar-refractivity contribution in [3.63, 3.8) is 0 Å².